The number of aryl methyl sites for hydroxylation is 1. The standard InChI is InChI=1S/C44H46F4N8O7S2/c1-24-36(65-23-52-24)26-9-7-25(8-10-26)19-51-38(59)31-17-29(57)21-54(31)39(60)37(42(2,3)4)53-32(58)22-62-15-16-63-33-14-12-28(20-50-33)56-41(64)55(40(61)43(56,5)6)30-13-11-27(18-49)34(35(30)45)44(46,47)48/h7-14,20,23,29,31,37,57H,15-17,19,21-22H2,1-6H3,(H,51,59)(H,53,58)/t29-,31+,37-/m1/s1. The molecule has 2 aromatic carbocycles. The highest BCUT2D eigenvalue weighted by molar-refractivity contribution is 7.81. The first-order valence-electron chi connectivity index (χ1n) is 20.2. The minimum absolute atomic E-state index is 0.0325. The van der Waals surface area contributed by atoms with Gasteiger partial charge < -0.3 is 35.0 Å². The molecule has 4 heterocycles. The van der Waals surface area contributed by atoms with Crippen LogP contribution in [0.1, 0.15) is 63.4 Å². The summed E-state index contributed by atoms with van der Waals surface area (Å²) >= 11 is 7.01. The van der Waals surface area contributed by atoms with Crippen molar-refractivity contribution >= 4 is 63.7 Å². The Labute approximate surface area is 381 Å². The average Bonchev–Trinajstić information content (AvgIpc) is 3.91. The predicted octanol–water partition coefficient (Wildman–Crippen LogP) is 5.66. The number of ether oxygens (including phenoxy) is 2. The molecule has 2 aliphatic heterocycles. The summed E-state index contributed by atoms with van der Waals surface area (Å²) in [5.41, 5.74) is -0.999. The maximum Gasteiger partial charge on any atom is 0.420 e. The second-order valence-electron chi connectivity index (χ2n) is 16.9. The fourth-order valence-corrected chi connectivity index (χ4v) is 8.82. The van der Waals surface area contributed by atoms with E-state index in [1.54, 1.807) is 37.6 Å². The zero-order valence-electron chi connectivity index (χ0n) is 36.2. The van der Waals surface area contributed by atoms with Gasteiger partial charge in [0.2, 0.25) is 23.6 Å². The van der Waals surface area contributed by atoms with E-state index in [9.17, 15) is 37.5 Å². The molecule has 2 aromatic heterocycles. The number of carbonyl (C=O) groups excluding carboxylic acids is 4. The van der Waals surface area contributed by atoms with Gasteiger partial charge in [-0.05, 0) is 67.7 Å². The van der Waals surface area contributed by atoms with Crippen LogP contribution in [-0.4, -0.2) is 98.8 Å². The summed E-state index contributed by atoms with van der Waals surface area (Å²) in [6.07, 6.45) is -4.83. The van der Waals surface area contributed by atoms with E-state index < -0.39 is 88.2 Å². The van der Waals surface area contributed by atoms with Crippen LogP contribution in [0.25, 0.3) is 10.4 Å². The van der Waals surface area contributed by atoms with Gasteiger partial charge in [0.1, 0.15) is 36.4 Å². The van der Waals surface area contributed by atoms with Gasteiger partial charge in [-0.1, -0.05) is 45.0 Å². The average molecular weight is 939 g/mol. The monoisotopic (exact) mass is 938 g/mol. The molecule has 2 aliphatic rings. The molecule has 0 unspecified atom stereocenters. The van der Waals surface area contributed by atoms with Crippen LogP contribution in [0.3, 0.4) is 0 Å². The molecule has 2 saturated heterocycles. The smallest absolute Gasteiger partial charge is 0.420 e. The van der Waals surface area contributed by atoms with Crippen molar-refractivity contribution in [2.75, 3.05) is 36.2 Å². The molecule has 2 fully saturated rings. The van der Waals surface area contributed by atoms with Gasteiger partial charge in [-0.3, -0.25) is 24.1 Å². The number of aliphatic hydroxyl groups is 1. The van der Waals surface area contributed by atoms with Crippen LogP contribution in [0, 0.1) is 29.5 Å². The number of pyridine rings is 1. The molecule has 0 saturated carbocycles. The number of thiocarbonyl (C=S) groups is 1. The number of benzene rings is 2. The molecule has 6 rings (SSSR count). The molecule has 0 bridgehead atoms. The third-order valence-corrected chi connectivity index (χ3v) is 12.2. The van der Waals surface area contributed by atoms with E-state index in [0.29, 0.717) is 4.90 Å². The molecule has 3 N–H and O–H groups in total. The molecule has 4 amide bonds. The number of amides is 4. The summed E-state index contributed by atoms with van der Waals surface area (Å²) in [5.74, 6) is -4.11. The Hall–Kier alpha value is -6.08. The molecular formula is C44H46F4N8O7S2. The first-order chi connectivity index (χ1) is 30.5. The topological polar surface area (TPSA) is 190 Å². The lowest BCUT2D eigenvalue weighted by Crippen LogP contribution is -2.58. The number of β-amino-alcohol motifs (C(OH)–C–C–N with tert-alkyl or cyclic N) is 1. The van der Waals surface area contributed by atoms with E-state index in [1.807, 2.05) is 31.2 Å². The molecule has 4 aromatic rings. The Bertz CT molecular complexity index is 2510. The molecule has 15 nitrogen and oxygen atoms in total. The summed E-state index contributed by atoms with van der Waals surface area (Å²) in [4.78, 5) is 66.8. The third kappa shape index (κ3) is 10.4. The number of nitriles is 1. The van der Waals surface area contributed by atoms with E-state index in [1.165, 1.54) is 48.0 Å². The van der Waals surface area contributed by atoms with Gasteiger partial charge in [0.05, 0.1) is 58.0 Å². The van der Waals surface area contributed by atoms with Crippen LogP contribution < -0.4 is 25.2 Å². The third-order valence-electron chi connectivity index (χ3n) is 10.8. The first-order valence-corrected chi connectivity index (χ1v) is 21.5. The van der Waals surface area contributed by atoms with Gasteiger partial charge in [0.15, 0.2) is 10.9 Å². The largest absolute Gasteiger partial charge is 0.475 e. The zero-order chi connectivity index (χ0) is 47.6. The van der Waals surface area contributed by atoms with Crippen LogP contribution >= 0.6 is 23.6 Å². The number of hydrogen-bond donors (Lipinski definition) is 3. The molecule has 21 heteroatoms. The zero-order valence-corrected chi connectivity index (χ0v) is 37.8. The van der Waals surface area contributed by atoms with Crippen molar-refractivity contribution in [2.24, 2.45) is 5.41 Å². The molecule has 0 spiro atoms. The van der Waals surface area contributed by atoms with E-state index in [-0.39, 0.29) is 49.4 Å². The van der Waals surface area contributed by atoms with Crippen LogP contribution in [0.2, 0.25) is 0 Å². The number of aliphatic hydroxyl groups excluding tert-OH is 1. The number of nitrogens with one attached hydrogen (secondary N) is 2. The number of thiazole rings is 1. The fraction of sp³-hybridized carbons (Fsp3) is 0.409. The van der Waals surface area contributed by atoms with Crippen molar-refractivity contribution in [1.82, 2.24) is 25.5 Å². The van der Waals surface area contributed by atoms with Gasteiger partial charge in [-0.25, -0.2) is 14.4 Å². The Morgan fingerprint density at radius 2 is 1.78 bits per heavy atom. The van der Waals surface area contributed by atoms with Crippen molar-refractivity contribution in [3.63, 3.8) is 0 Å². The summed E-state index contributed by atoms with van der Waals surface area (Å²) < 4.78 is 67.7. The Morgan fingerprint density at radius 1 is 1.08 bits per heavy atom. The summed E-state index contributed by atoms with van der Waals surface area (Å²) in [5, 5.41) is 25.0. The lowest BCUT2D eigenvalue weighted by Gasteiger charge is -2.35. The SMILES string of the molecule is Cc1ncsc1-c1ccc(CNC(=O)[C@@H]2C[C@@H](O)CN2C(=O)[C@@H](NC(=O)COCCOc2ccc(N3C(=S)N(c4ccc(C#N)c(C(F)(F)F)c4F)C(=O)C3(C)C)cn2)C(C)(C)C)cc1. The number of aromatic nitrogens is 2. The first kappa shape index (κ1) is 48.4. The maximum absolute atomic E-state index is 15.4. The second-order valence-corrected chi connectivity index (χ2v) is 18.2. The number of anilines is 2. The van der Waals surface area contributed by atoms with Crippen molar-refractivity contribution in [2.45, 2.75) is 84.4 Å². The molecule has 65 heavy (non-hydrogen) atoms. The predicted molar refractivity (Wildman–Crippen MR) is 235 cm³/mol. The number of carbonyl (C=O) groups is 4. The van der Waals surface area contributed by atoms with Crippen molar-refractivity contribution in [1.29, 1.82) is 5.26 Å². The molecule has 0 radical (unpaired) electrons. The van der Waals surface area contributed by atoms with Crippen molar-refractivity contribution in [3.8, 4) is 22.4 Å². The number of hydrogen-bond acceptors (Lipinski definition) is 12. The fourth-order valence-electron chi connectivity index (χ4n) is 7.49. The van der Waals surface area contributed by atoms with Crippen molar-refractivity contribution in [3.05, 3.63) is 88.4 Å². The van der Waals surface area contributed by atoms with Crippen LogP contribution in [0.5, 0.6) is 5.88 Å². The van der Waals surface area contributed by atoms with E-state index >= 15 is 4.39 Å². The molecule has 3 atom stereocenters. The molecule has 0 aliphatic carbocycles. The Morgan fingerprint density at radius 3 is 2.38 bits per heavy atom. The molecule has 344 valence electrons. The highest BCUT2D eigenvalue weighted by Crippen LogP contribution is 2.42. The van der Waals surface area contributed by atoms with Gasteiger partial charge in [0.25, 0.3) is 5.91 Å². The lowest BCUT2D eigenvalue weighted by atomic mass is 9.85. The summed E-state index contributed by atoms with van der Waals surface area (Å²) in [7, 11) is 0. The second kappa shape index (κ2) is 19.2. The van der Waals surface area contributed by atoms with E-state index in [4.69, 9.17) is 27.0 Å². The van der Waals surface area contributed by atoms with E-state index in [2.05, 4.69) is 20.6 Å². The summed E-state index contributed by atoms with van der Waals surface area (Å²) in [6, 6.07) is 11.6. The minimum Gasteiger partial charge on any atom is -0.475 e. The van der Waals surface area contributed by atoms with Crippen LogP contribution in [0.15, 0.2) is 60.2 Å². The number of halogens is 4. The highest BCUT2D eigenvalue weighted by Gasteiger charge is 2.52. The molecular weight excluding hydrogens is 893 g/mol. The van der Waals surface area contributed by atoms with Crippen molar-refractivity contribution < 1.29 is 51.3 Å². The van der Waals surface area contributed by atoms with Gasteiger partial charge >= 0.3 is 6.18 Å². The van der Waals surface area contributed by atoms with E-state index in [0.717, 1.165) is 33.8 Å². The van der Waals surface area contributed by atoms with Gasteiger partial charge in [-0.15, -0.1) is 11.3 Å². The minimum atomic E-state index is -5.22. The normalized spacial score (nSPS) is 17.8. The van der Waals surface area contributed by atoms with Crippen LogP contribution in [0.4, 0.5) is 28.9 Å². The number of rotatable bonds is 14. The lowest BCUT2D eigenvalue weighted by molar-refractivity contribution is -0.144. The number of alkyl halides is 3. The number of likely N-dealkylation sites (tertiary alicyclic amines) is 1. The van der Waals surface area contributed by atoms with Gasteiger partial charge in [0, 0.05) is 25.6 Å². The Kier molecular flexibility index (Phi) is 14.3. The summed E-state index contributed by atoms with van der Waals surface area (Å²) in [6.45, 7) is 9.64. The maximum atomic E-state index is 15.4. The highest BCUT2D eigenvalue weighted by atomic mass is 32.1. The van der Waals surface area contributed by atoms with Gasteiger partial charge in [-0.2, -0.15) is 18.4 Å². The number of nitrogens with zero attached hydrogens (tertiary/aromatic N) is 6. The Balaban J connectivity index is 0.998. The quantitative estimate of drug-likeness (QED) is 0.0800. The van der Waals surface area contributed by atoms with Crippen LogP contribution in [-0.2, 0) is 36.6 Å².